The Labute approximate surface area is 71.6 Å². The normalized spacial score (nSPS) is 14.5. The molecule has 0 bridgehead atoms. The molecule has 1 N–H and O–H groups in total. The fourth-order valence-corrected chi connectivity index (χ4v) is 0.643. The van der Waals surface area contributed by atoms with E-state index in [1.54, 1.807) is 13.8 Å². The van der Waals surface area contributed by atoms with Gasteiger partial charge in [-0.3, -0.25) is 10.1 Å². The third-order valence-corrected chi connectivity index (χ3v) is 1.07. The van der Waals surface area contributed by atoms with Gasteiger partial charge in [0, 0.05) is 0 Å². The summed E-state index contributed by atoms with van der Waals surface area (Å²) >= 11 is 0. The van der Waals surface area contributed by atoms with Crippen LogP contribution in [0.15, 0.2) is 11.3 Å². The van der Waals surface area contributed by atoms with E-state index in [1.165, 1.54) is 0 Å². The lowest BCUT2D eigenvalue weighted by Crippen LogP contribution is -2.18. The minimum atomic E-state index is -0.693. The molecule has 4 heteroatoms. The maximum absolute atomic E-state index is 10.7. The molecule has 0 aliphatic carbocycles. The first-order chi connectivity index (χ1) is 5.61. The monoisotopic (exact) mass is 171 g/mol. The van der Waals surface area contributed by atoms with Crippen LogP contribution in [0.5, 0.6) is 0 Å². The molecule has 1 rings (SSSR count). The third-order valence-electron chi connectivity index (χ3n) is 1.07. The minimum absolute atomic E-state index is 0.116. The van der Waals surface area contributed by atoms with Crippen molar-refractivity contribution in [2.75, 3.05) is 0 Å². The van der Waals surface area contributed by atoms with Gasteiger partial charge in [0.2, 0.25) is 0 Å². The summed E-state index contributed by atoms with van der Waals surface area (Å²) in [6.07, 6.45) is -0.693. The van der Waals surface area contributed by atoms with E-state index >= 15 is 0 Å². The van der Waals surface area contributed by atoms with Gasteiger partial charge < -0.3 is 4.74 Å². The number of rotatable bonds is 0. The van der Waals surface area contributed by atoms with E-state index < -0.39 is 12.0 Å². The van der Waals surface area contributed by atoms with Crippen LogP contribution in [0, 0.1) is 0 Å². The number of alkyl carbamates (subject to hydrolysis) is 1. The molecule has 0 saturated carbocycles. The molecule has 0 atom stereocenters. The summed E-state index contributed by atoms with van der Waals surface area (Å²) in [4.78, 5) is 21.1. The van der Waals surface area contributed by atoms with Gasteiger partial charge in [-0.2, -0.15) is 0 Å². The highest BCUT2D eigenvalue weighted by molar-refractivity contribution is 6.07. The molecule has 0 aromatic rings. The standard InChI is InChI=1S/C6H7NO3.C2H6/c1-3(2)4-5(8)7-6(9)10-4;1-2/h1-2H3,(H,7,8,9);1-2H3. The lowest BCUT2D eigenvalue weighted by molar-refractivity contribution is -0.116. The molecular formula is C8H13NO3. The van der Waals surface area contributed by atoms with E-state index in [4.69, 9.17) is 0 Å². The largest absolute Gasteiger partial charge is 0.419 e. The molecule has 0 aromatic carbocycles. The van der Waals surface area contributed by atoms with E-state index in [2.05, 4.69) is 4.74 Å². The zero-order valence-electron chi connectivity index (χ0n) is 7.72. The third kappa shape index (κ3) is 2.38. The molecule has 2 amide bonds. The van der Waals surface area contributed by atoms with Crippen molar-refractivity contribution in [1.29, 1.82) is 0 Å². The topological polar surface area (TPSA) is 55.4 Å². The van der Waals surface area contributed by atoms with Crippen LogP contribution >= 0.6 is 0 Å². The average molecular weight is 171 g/mol. The molecule has 0 spiro atoms. The predicted octanol–water partition coefficient (Wildman–Crippen LogP) is 1.57. The van der Waals surface area contributed by atoms with Gasteiger partial charge in [0.05, 0.1) is 0 Å². The number of nitrogens with one attached hydrogen (secondary N) is 1. The Morgan fingerprint density at radius 2 is 1.75 bits per heavy atom. The number of carbonyl (C=O) groups is 2. The Morgan fingerprint density at radius 3 is 1.92 bits per heavy atom. The van der Waals surface area contributed by atoms with Gasteiger partial charge in [0.1, 0.15) is 0 Å². The minimum Gasteiger partial charge on any atom is -0.404 e. The van der Waals surface area contributed by atoms with Crippen LogP contribution in [0.4, 0.5) is 4.79 Å². The van der Waals surface area contributed by atoms with Gasteiger partial charge in [0.25, 0.3) is 5.91 Å². The van der Waals surface area contributed by atoms with Crippen LogP contribution < -0.4 is 5.32 Å². The van der Waals surface area contributed by atoms with Crippen LogP contribution in [-0.4, -0.2) is 12.0 Å². The van der Waals surface area contributed by atoms with Crippen molar-refractivity contribution in [3.05, 3.63) is 11.3 Å². The first-order valence-corrected chi connectivity index (χ1v) is 3.82. The summed E-state index contributed by atoms with van der Waals surface area (Å²) in [6, 6.07) is 0. The highest BCUT2D eigenvalue weighted by Crippen LogP contribution is 2.10. The number of hydrogen-bond donors (Lipinski definition) is 1. The molecule has 4 nitrogen and oxygen atoms in total. The van der Waals surface area contributed by atoms with Gasteiger partial charge in [-0.1, -0.05) is 13.8 Å². The van der Waals surface area contributed by atoms with Gasteiger partial charge >= 0.3 is 6.09 Å². The van der Waals surface area contributed by atoms with Crippen LogP contribution in [-0.2, 0) is 9.53 Å². The fraction of sp³-hybridized carbons (Fsp3) is 0.500. The second-order valence-electron chi connectivity index (χ2n) is 2.17. The number of carbonyl (C=O) groups excluding carboxylic acids is 2. The summed E-state index contributed by atoms with van der Waals surface area (Å²) in [5, 5.41) is 1.99. The fourth-order valence-electron chi connectivity index (χ4n) is 0.643. The first kappa shape index (κ1) is 10.7. The molecule has 1 fully saturated rings. The number of ether oxygens (including phenoxy) is 1. The number of hydrogen-bond acceptors (Lipinski definition) is 3. The SMILES string of the molecule is CC.CC(C)=C1OC(=O)NC1=O. The lowest BCUT2D eigenvalue weighted by atomic mass is 10.3. The highest BCUT2D eigenvalue weighted by Gasteiger charge is 2.26. The average Bonchev–Trinajstić information content (AvgIpc) is 2.34. The zero-order chi connectivity index (χ0) is 9.72. The van der Waals surface area contributed by atoms with Crippen LogP contribution in [0.1, 0.15) is 27.7 Å². The molecule has 0 unspecified atom stereocenters. The molecule has 0 radical (unpaired) electrons. The molecule has 1 aliphatic heterocycles. The summed E-state index contributed by atoms with van der Waals surface area (Å²) < 4.78 is 4.52. The second kappa shape index (κ2) is 4.54. The smallest absolute Gasteiger partial charge is 0.404 e. The van der Waals surface area contributed by atoms with E-state index in [0.29, 0.717) is 5.57 Å². The summed E-state index contributed by atoms with van der Waals surface area (Å²) in [6.45, 7) is 7.40. The summed E-state index contributed by atoms with van der Waals surface area (Å²) in [7, 11) is 0. The molecular weight excluding hydrogens is 158 g/mol. The molecule has 12 heavy (non-hydrogen) atoms. The van der Waals surface area contributed by atoms with Crippen LogP contribution in [0.25, 0.3) is 0 Å². The van der Waals surface area contributed by atoms with Crippen molar-refractivity contribution < 1.29 is 14.3 Å². The van der Waals surface area contributed by atoms with Crippen molar-refractivity contribution >= 4 is 12.0 Å². The Balaban J connectivity index is 0.000000561. The lowest BCUT2D eigenvalue weighted by Gasteiger charge is -1.92. The highest BCUT2D eigenvalue weighted by atomic mass is 16.6. The molecule has 1 aliphatic rings. The molecule has 0 aromatic heterocycles. The Bertz CT molecular complexity index is 226. The molecule has 1 heterocycles. The van der Waals surface area contributed by atoms with Crippen molar-refractivity contribution in [1.82, 2.24) is 5.32 Å². The Hall–Kier alpha value is -1.32. The second-order valence-corrected chi connectivity index (χ2v) is 2.17. The summed E-state index contributed by atoms with van der Waals surface area (Å²) in [5.41, 5.74) is 0.698. The number of amides is 2. The van der Waals surface area contributed by atoms with Crippen LogP contribution in [0.3, 0.4) is 0 Å². The number of cyclic esters (lactones) is 1. The Morgan fingerprint density at radius 1 is 1.25 bits per heavy atom. The summed E-state index contributed by atoms with van der Waals surface area (Å²) in [5.74, 6) is -0.338. The predicted molar refractivity (Wildman–Crippen MR) is 44.3 cm³/mol. The van der Waals surface area contributed by atoms with E-state index in [-0.39, 0.29) is 5.76 Å². The maximum Gasteiger partial charge on any atom is 0.419 e. The van der Waals surface area contributed by atoms with E-state index in [1.807, 2.05) is 19.2 Å². The van der Waals surface area contributed by atoms with Crippen LogP contribution in [0.2, 0.25) is 0 Å². The van der Waals surface area contributed by atoms with Crippen molar-refractivity contribution in [2.45, 2.75) is 27.7 Å². The van der Waals surface area contributed by atoms with E-state index in [9.17, 15) is 9.59 Å². The first-order valence-electron chi connectivity index (χ1n) is 3.82. The number of allylic oxidation sites excluding steroid dienone is 1. The quantitative estimate of drug-likeness (QED) is 0.563. The molecule has 68 valence electrons. The Kier molecular flexibility index (Phi) is 4.04. The van der Waals surface area contributed by atoms with Crippen molar-refractivity contribution in [3.8, 4) is 0 Å². The van der Waals surface area contributed by atoms with E-state index in [0.717, 1.165) is 0 Å². The van der Waals surface area contributed by atoms with Gasteiger partial charge in [0.15, 0.2) is 5.76 Å². The van der Waals surface area contributed by atoms with Crippen molar-refractivity contribution in [3.63, 3.8) is 0 Å². The van der Waals surface area contributed by atoms with Gasteiger partial charge in [-0.15, -0.1) is 0 Å². The number of imide groups is 1. The maximum atomic E-state index is 10.7. The zero-order valence-corrected chi connectivity index (χ0v) is 7.72. The van der Waals surface area contributed by atoms with Crippen molar-refractivity contribution in [2.24, 2.45) is 0 Å². The van der Waals surface area contributed by atoms with Gasteiger partial charge in [-0.05, 0) is 19.4 Å². The molecule has 1 saturated heterocycles. The van der Waals surface area contributed by atoms with Gasteiger partial charge in [-0.25, -0.2) is 4.79 Å².